The minimum absolute atomic E-state index is 0.0206. The van der Waals surface area contributed by atoms with Crippen LogP contribution in [0.25, 0.3) is 0 Å². The highest BCUT2D eigenvalue weighted by molar-refractivity contribution is 7.93. The Hall–Kier alpha value is -1.61. The molecule has 2 aromatic rings. The fourth-order valence-corrected chi connectivity index (χ4v) is 4.98. The van der Waals surface area contributed by atoms with Crippen LogP contribution >= 0.6 is 22.9 Å². The molecule has 6 nitrogen and oxygen atoms in total. The lowest BCUT2D eigenvalue weighted by atomic mass is 10.1. The number of hydrogen-bond donors (Lipinski definition) is 3. The molecule has 1 aromatic carbocycles. The second-order valence-corrected chi connectivity index (χ2v) is 9.65. The molecule has 0 saturated heterocycles. The Balaban J connectivity index is 1.98. The molecule has 148 valence electrons. The van der Waals surface area contributed by atoms with Crippen molar-refractivity contribution in [2.75, 3.05) is 18.8 Å². The Morgan fingerprint density at radius 2 is 2.00 bits per heavy atom. The van der Waals surface area contributed by atoms with Gasteiger partial charge in [0.05, 0.1) is 24.4 Å². The summed E-state index contributed by atoms with van der Waals surface area (Å²) in [4.78, 5) is 4.32. The third-order valence-electron chi connectivity index (χ3n) is 3.74. The molecule has 0 spiro atoms. The first-order valence-electron chi connectivity index (χ1n) is 8.56. The van der Waals surface area contributed by atoms with Gasteiger partial charge in [-0.05, 0) is 43.0 Å². The number of halogens is 1. The zero-order chi connectivity index (χ0) is 19.9. The van der Waals surface area contributed by atoms with E-state index in [-0.39, 0.29) is 22.5 Å². The van der Waals surface area contributed by atoms with Gasteiger partial charge < -0.3 is 15.7 Å². The molecule has 0 bridgehead atoms. The summed E-state index contributed by atoms with van der Waals surface area (Å²) in [5.41, 5.74) is 1.03. The smallest absolute Gasteiger partial charge is 0.191 e. The number of benzene rings is 1. The van der Waals surface area contributed by atoms with Crippen molar-refractivity contribution in [1.29, 1.82) is 0 Å². The molecule has 27 heavy (non-hydrogen) atoms. The average Bonchev–Trinajstić information content (AvgIpc) is 3.15. The number of aliphatic hydroxyl groups is 1. The van der Waals surface area contributed by atoms with E-state index in [1.165, 1.54) is 6.07 Å². The molecule has 3 N–H and O–H groups in total. The molecular formula is C18H24ClN3O3S2. The quantitative estimate of drug-likeness (QED) is 0.443. The van der Waals surface area contributed by atoms with Crippen LogP contribution in [-0.4, -0.2) is 44.4 Å². The van der Waals surface area contributed by atoms with Gasteiger partial charge in [0.15, 0.2) is 15.8 Å². The van der Waals surface area contributed by atoms with Gasteiger partial charge in [0.25, 0.3) is 0 Å². The van der Waals surface area contributed by atoms with Crippen LogP contribution in [0.2, 0.25) is 5.02 Å². The summed E-state index contributed by atoms with van der Waals surface area (Å²) in [6, 6.07) is 10.7. The molecule has 0 aliphatic heterocycles. The summed E-state index contributed by atoms with van der Waals surface area (Å²) in [6.45, 7) is 4.53. The minimum atomic E-state index is -3.50. The van der Waals surface area contributed by atoms with Gasteiger partial charge in [-0.25, -0.2) is 8.42 Å². The molecule has 9 heteroatoms. The number of nitrogens with zero attached hydrogens (tertiary/aromatic N) is 1. The van der Waals surface area contributed by atoms with Crippen LogP contribution in [0.1, 0.15) is 25.5 Å². The Kier molecular flexibility index (Phi) is 8.09. The number of nitrogens with one attached hydrogen (secondary N) is 2. The lowest BCUT2D eigenvalue weighted by Crippen LogP contribution is -2.39. The van der Waals surface area contributed by atoms with Crippen molar-refractivity contribution < 1.29 is 13.5 Å². The molecule has 1 aromatic heterocycles. The van der Waals surface area contributed by atoms with Crippen LogP contribution in [0.15, 0.2) is 51.0 Å². The molecule has 2 atom stereocenters. The maximum Gasteiger partial charge on any atom is 0.191 e. The van der Waals surface area contributed by atoms with Gasteiger partial charge >= 0.3 is 0 Å². The summed E-state index contributed by atoms with van der Waals surface area (Å²) in [7, 11) is -3.50. The van der Waals surface area contributed by atoms with E-state index in [9.17, 15) is 13.5 Å². The van der Waals surface area contributed by atoms with E-state index in [4.69, 9.17) is 11.6 Å². The first-order chi connectivity index (χ1) is 12.8. The highest BCUT2D eigenvalue weighted by Crippen LogP contribution is 2.18. The van der Waals surface area contributed by atoms with Crippen molar-refractivity contribution in [2.24, 2.45) is 4.99 Å². The third kappa shape index (κ3) is 6.80. The number of sulfone groups is 1. The van der Waals surface area contributed by atoms with Crippen LogP contribution in [0.3, 0.4) is 0 Å². The fourth-order valence-electron chi connectivity index (χ4n) is 2.39. The van der Waals surface area contributed by atoms with Crippen LogP contribution < -0.4 is 10.6 Å². The summed E-state index contributed by atoms with van der Waals surface area (Å²) in [5, 5.41) is 18.8. The highest BCUT2D eigenvalue weighted by atomic mass is 35.5. The number of thiophene rings is 1. The molecule has 1 heterocycles. The van der Waals surface area contributed by atoms with E-state index >= 15 is 0 Å². The first-order valence-corrected chi connectivity index (χ1v) is 11.5. The van der Waals surface area contributed by atoms with Gasteiger partial charge in [0.2, 0.25) is 0 Å². The SMILES string of the molecule is CCNC(=NCC(O)CS(=O)(=O)c1cccs1)NC(C)c1ccc(Cl)cc1. The van der Waals surface area contributed by atoms with Gasteiger partial charge in [-0.2, -0.15) is 0 Å². The van der Waals surface area contributed by atoms with Crippen molar-refractivity contribution in [3.8, 4) is 0 Å². The van der Waals surface area contributed by atoms with E-state index < -0.39 is 15.9 Å². The lowest BCUT2D eigenvalue weighted by Gasteiger charge is -2.19. The number of aliphatic hydroxyl groups excluding tert-OH is 1. The molecule has 0 fully saturated rings. The first kappa shape index (κ1) is 21.7. The summed E-state index contributed by atoms with van der Waals surface area (Å²) in [5.74, 6) is 0.149. The van der Waals surface area contributed by atoms with Crippen molar-refractivity contribution >= 4 is 38.7 Å². The summed E-state index contributed by atoms with van der Waals surface area (Å²) < 4.78 is 24.7. The van der Waals surface area contributed by atoms with E-state index in [1.54, 1.807) is 11.4 Å². The Labute approximate surface area is 169 Å². The van der Waals surface area contributed by atoms with Crippen molar-refractivity contribution in [2.45, 2.75) is 30.2 Å². The maximum absolute atomic E-state index is 12.2. The molecule has 2 unspecified atom stereocenters. The largest absolute Gasteiger partial charge is 0.390 e. The maximum atomic E-state index is 12.2. The number of hydrogen-bond acceptors (Lipinski definition) is 5. The number of guanidine groups is 1. The predicted octanol–water partition coefficient (Wildman–Crippen LogP) is 2.85. The van der Waals surface area contributed by atoms with E-state index in [0.29, 0.717) is 17.5 Å². The third-order valence-corrected chi connectivity index (χ3v) is 7.28. The van der Waals surface area contributed by atoms with Crippen LogP contribution in [-0.2, 0) is 9.84 Å². The predicted molar refractivity (Wildman–Crippen MR) is 111 cm³/mol. The Morgan fingerprint density at radius 3 is 2.59 bits per heavy atom. The highest BCUT2D eigenvalue weighted by Gasteiger charge is 2.20. The summed E-state index contributed by atoms with van der Waals surface area (Å²) in [6.07, 6.45) is -1.08. The normalized spacial score (nSPS) is 14.6. The van der Waals surface area contributed by atoms with Gasteiger partial charge in [0.1, 0.15) is 4.21 Å². The van der Waals surface area contributed by atoms with Gasteiger partial charge in [-0.1, -0.05) is 29.8 Å². The molecular weight excluding hydrogens is 406 g/mol. The second-order valence-electron chi connectivity index (χ2n) is 6.00. The van der Waals surface area contributed by atoms with E-state index in [0.717, 1.165) is 16.9 Å². The van der Waals surface area contributed by atoms with Crippen LogP contribution in [0.4, 0.5) is 0 Å². The van der Waals surface area contributed by atoms with Crippen molar-refractivity contribution in [1.82, 2.24) is 10.6 Å². The molecule has 2 rings (SSSR count). The Bertz CT molecular complexity index is 837. The number of aliphatic imine (C=N–C) groups is 1. The van der Waals surface area contributed by atoms with E-state index in [1.807, 2.05) is 38.1 Å². The standard InChI is InChI=1S/C18H24ClN3O3S2/c1-3-20-18(22-13(2)14-6-8-15(19)9-7-14)21-11-16(23)12-27(24,25)17-5-4-10-26-17/h4-10,13,16,23H,3,11-12H2,1-2H3,(H2,20,21,22). The van der Waals surface area contributed by atoms with Gasteiger partial charge in [-0.15, -0.1) is 11.3 Å². The monoisotopic (exact) mass is 429 g/mol. The minimum Gasteiger partial charge on any atom is -0.390 e. The number of rotatable bonds is 8. The average molecular weight is 430 g/mol. The van der Waals surface area contributed by atoms with Crippen molar-refractivity contribution in [3.63, 3.8) is 0 Å². The lowest BCUT2D eigenvalue weighted by molar-refractivity contribution is 0.206. The van der Waals surface area contributed by atoms with Gasteiger partial charge in [-0.3, -0.25) is 4.99 Å². The fraction of sp³-hybridized carbons (Fsp3) is 0.389. The summed E-state index contributed by atoms with van der Waals surface area (Å²) >= 11 is 7.06. The molecule has 0 aliphatic rings. The zero-order valence-electron chi connectivity index (χ0n) is 15.2. The van der Waals surface area contributed by atoms with Gasteiger partial charge in [0, 0.05) is 11.6 Å². The molecule has 0 saturated carbocycles. The molecule has 0 radical (unpaired) electrons. The molecule has 0 aliphatic carbocycles. The Morgan fingerprint density at radius 1 is 1.30 bits per heavy atom. The molecule has 0 amide bonds. The topological polar surface area (TPSA) is 90.8 Å². The van der Waals surface area contributed by atoms with Crippen LogP contribution in [0.5, 0.6) is 0 Å². The second kappa shape index (κ2) is 10.1. The zero-order valence-corrected chi connectivity index (χ0v) is 17.6. The van der Waals surface area contributed by atoms with Crippen molar-refractivity contribution in [3.05, 3.63) is 52.4 Å². The van der Waals surface area contributed by atoms with Crippen LogP contribution in [0, 0.1) is 0 Å². The van der Waals surface area contributed by atoms with E-state index in [2.05, 4.69) is 15.6 Å².